The number of nitrogens with one attached hydrogen (secondary N) is 4. The van der Waals surface area contributed by atoms with Gasteiger partial charge in [-0.3, -0.25) is 14.4 Å². The molecule has 0 radical (unpaired) electrons. The number of aromatic amines is 1. The Morgan fingerprint density at radius 2 is 1.83 bits per heavy atom. The highest BCUT2D eigenvalue weighted by Gasteiger charge is 2.28. The molecule has 29 heavy (non-hydrogen) atoms. The molecule has 4 unspecified atom stereocenters. The summed E-state index contributed by atoms with van der Waals surface area (Å²) < 4.78 is 0. The minimum atomic E-state index is -1.51. The number of carbonyl (C=O) groups excluding carboxylic acids is 3. The van der Waals surface area contributed by atoms with Crippen LogP contribution in [0.5, 0.6) is 0 Å². The molecule has 0 saturated carbocycles. The summed E-state index contributed by atoms with van der Waals surface area (Å²) in [7, 11) is 0. The van der Waals surface area contributed by atoms with Crippen molar-refractivity contribution in [2.75, 3.05) is 6.54 Å². The van der Waals surface area contributed by atoms with Crippen LogP contribution in [-0.2, 0) is 25.6 Å². The summed E-state index contributed by atoms with van der Waals surface area (Å²) in [6.45, 7) is 4.20. The third kappa shape index (κ3) is 7.87. The van der Waals surface area contributed by atoms with Gasteiger partial charge in [0.2, 0.25) is 17.7 Å². The summed E-state index contributed by atoms with van der Waals surface area (Å²) in [6.07, 6.45) is 1.66. The van der Waals surface area contributed by atoms with Gasteiger partial charge in [-0.1, -0.05) is 13.8 Å². The summed E-state index contributed by atoms with van der Waals surface area (Å²) in [5.41, 5.74) is 6.39. The Kier molecular flexibility index (Phi) is 9.22. The Morgan fingerprint density at radius 1 is 1.17 bits per heavy atom. The smallest absolute Gasteiger partial charge is 0.328 e. The number of hydrogen-bond acceptors (Lipinski definition) is 7. The van der Waals surface area contributed by atoms with E-state index in [1.54, 1.807) is 13.8 Å². The minimum absolute atomic E-state index is 0.0788. The molecule has 0 aliphatic heterocycles. The van der Waals surface area contributed by atoms with Crippen LogP contribution in [0.4, 0.5) is 0 Å². The first kappa shape index (κ1) is 24.0. The molecule has 8 N–H and O–H groups in total. The van der Waals surface area contributed by atoms with Gasteiger partial charge in [0, 0.05) is 18.3 Å². The molecule has 1 aromatic rings. The number of H-pyrrole nitrogens is 1. The molecule has 3 amide bonds. The molecule has 1 rings (SSSR count). The Balaban J connectivity index is 2.74. The van der Waals surface area contributed by atoms with Gasteiger partial charge in [0.15, 0.2) is 6.04 Å². The molecule has 12 heteroatoms. The number of imidazole rings is 1. The SMILES string of the molecule is CC(C)C(N)C(=O)NC(Cc1cnc[nH]1)C(=O)NCC(=O)NC(C(=O)O)C(C)O. The first-order chi connectivity index (χ1) is 13.5. The van der Waals surface area contributed by atoms with E-state index in [1.165, 1.54) is 19.4 Å². The van der Waals surface area contributed by atoms with Crippen molar-refractivity contribution in [1.29, 1.82) is 0 Å². The summed E-state index contributed by atoms with van der Waals surface area (Å²) in [4.78, 5) is 54.3. The molecule has 0 fully saturated rings. The highest BCUT2D eigenvalue weighted by atomic mass is 16.4. The van der Waals surface area contributed by atoms with Gasteiger partial charge in [0.25, 0.3) is 0 Å². The van der Waals surface area contributed by atoms with Gasteiger partial charge in [-0.2, -0.15) is 0 Å². The van der Waals surface area contributed by atoms with Crippen molar-refractivity contribution in [2.45, 2.75) is 51.4 Å². The number of amides is 3. The number of carbonyl (C=O) groups is 4. The van der Waals surface area contributed by atoms with Crippen LogP contribution in [0, 0.1) is 5.92 Å². The predicted molar refractivity (Wildman–Crippen MR) is 101 cm³/mol. The number of aliphatic hydroxyl groups is 1. The third-order valence-electron chi connectivity index (χ3n) is 4.12. The van der Waals surface area contributed by atoms with E-state index < -0.39 is 54.5 Å². The first-order valence-corrected chi connectivity index (χ1v) is 9.04. The summed E-state index contributed by atoms with van der Waals surface area (Å²) in [6, 6.07) is -3.37. The molecule has 1 aromatic heterocycles. The van der Waals surface area contributed by atoms with Crippen LogP contribution in [-0.4, -0.2) is 74.6 Å². The fraction of sp³-hybridized carbons (Fsp3) is 0.588. The van der Waals surface area contributed by atoms with Gasteiger partial charge >= 0.3 is 5.97 Å². The van der Waals surface area contributed by atoms with Crippen molar-refractivity contribution in [3.05, 3.63) is 18.2 Å². The molecular formula is C17H28N6O6. The van der Waals surface area contributed by atoms with Gasteiger partial charge in [-0.05, 0) is 12.8 Å². The maximum atomic E-state index is 12.5. The molecule has 0 aliphatic carbocycles. The second-order valence-electron chi connectivity index (χ2n) is 6.95. The number of rotatable bonds is 11. The fourth-order valence-corrected chi connectivity index (χ4v) is 2.30. The lowest BCUT2D eigenvalue weighted by molar-refractivity contribution is -0.144. The van der Waals surface area contributed by atoms with Crippen LogP contribution in [0.3, 0.4) is 0 Å². The van der Waals surface area contributed by atoms with Crippen LogP contribution in [0.15, 0.2) is 12.5 Å². The third-order valence-corrected chi connectivity index (χ3v) is 4.12. The minimum Gasteiger partial charge on any atom is -0.480 e. The number of carboxylic acids is 1. The fourth-order valence-electron chi connectivity index (χ4n) is 2.30. The Morgan fingerprint density at radius 3 is 2.31 bits per heavy atom. The number of nitrogens with two attached hydrogens (primary N) is 1. The molecule has 0 saturated heterocycles. The second-order valence-corrected chi connectivity index (χ2v) is 6.95. The van der Waals surface area contributed by atoms with Gasteiger partial charge in [0.05, 0.1) is 25.0 Å². The summed E-state index contributed by atoms with van der Waals surface area (Å²) in [5.74, 6) is -3.55. The topological polar surface area (TPSA) is 200 Å². The average Bonchev–Trinajstić information content (AvgIpc) is 3.15. The molecule has 0 spiro atoms. The lowest BCUT2D eigenvalue weighted by atomic mass is 10.0. The first-order valence-electron chi connectivity index (χ1n) is 9.04. The van der Waals surface area contributed by atoms with Crippen LogP contribution in [0.25, 0.3) is 0 Å². The summed E-state index contributed by atoms with van der Waals surface area (Å²) >= 11 is 0. The molecule has 12 nitrogen and oxygen atoms in total. The Labute approximate surface area is 167 Å². The van der Waals surface area contributed by atoms with Crippen LogP contribution < -0.4 is 21.7 Å². The van der Waals surface area contributed by atoms with Gasteiger partial charge < -0.3 is 36.9 Å². The van der Waals surface area contributed by atoms with E-state index in [-0.39, 0.29) is 12.3 Å². The molecule has 0 aliphatic rings. The van der Waals surface area contributed by atoms with E-state index in [1.807, 2.05) is 0 Å². The number of hydrogen-bond donors (Lipinski definition) is 7. The van der Waals surface area contributed by atoms with Crippen molar-refractivity contribution in [3.63, 3.8) is 0 Å². The zero-order chi connectivity index (χ0) is 22.1. The maximum absolute atomic E-state index is 12.5. The lowest BCUT2D eigenvalue weighted by Gasteiger charge is -2.22. The standard InChI is InChI=1S/C17H28N6O6/c1-8(2)13(18)16(27)22-11(4-10-5-19-7-21-10)15(26)20-6-12(25)23-14(9(3)24)17(28)29/h5,7-9,11,13-14,24H,4,6,18H2,1-3H3,(H,19,21)(H,20,26)(H,22,27)(H,23,25)(H,28,29). The summed E-state index contributed by atoms with van der Waals surface area (Å²) in [5, 5.41) is 25.3. The van der Waals surface area contributed by atoms with Gasteiger partial charge in [-0.15, -0.1) is 0 Å². The van der Waals surface area contributed by atoms with E-state index in [4.69, 9.17) is 10.8 Å². The number of aromatic nitrogens is 2. The van der Waals surface area contributed by atoms with E-state index in [2.05, 4.69) is 25.9 Å². The van der Waals surface area contributed by atoms with Gasteiger partial charge in [-0.25, -0.2) is 9.78 Å². The number of nitrogens with zero attached hydrogens (tertiary/aromatic N) is 1. The van der Waals surface area contributed by atoms with Gasteiger partial charge in [0.1, 0.15) is 6.04 Å². The highest BCUT2D eigenvalue weighted by Crippen LogP contribution is 2.03. The maximum Gasteiger partial charge on any atom is 0.328 e. The Bertz CT molecular complexity index is 705. The largest absolute Gasteiger partial charge is 0.480 e. The van der Waals surface area contributed by atoms with Crippen molar-refractivity contribution in [1.82, 2.24) is 25.9 Å². The number of aliphatic carboxylic acids is 1. The molecular weight excluding hydrogens is 384 g/mol. The van der Waals surface area contributed by atoms with E-state index in [0.29, 0.717) is 5.69 Å². The van der Waals surface area contributed by atoms with Crippen molar-refractivity contribution < 1.29 is 29.4 Å². The van der Waals surface area contributed by atoms with E-state index in [0.717, 1.165) is 0 Å². The molecule has 0 bridgehead atoms. The number of aliphatic hydroxyl groups excluding tert-OH is 1. The highest BCUT2D eigenvalue weighted by molar-refractivity contribution is 5.92. The van der Waals surface area contributed by atoms with E-state index in [9.17, 15) is 24.3 Å². The van der Waals surface area contributed by atoms with Crippen LogP contribution >= 0.6 is 0 Å². The van der Waals surface area contributed by atoms with Crippen molar-refractivity contribution in [3.8, 4) is 0 Å². The zero-order valence-corrected chi connectivity index (χ0v) is 16.5. The number of carboxylic acid groups (broad SMARTS) is 1. The molecule has 1 heterocycles. The average molecular weight is 412 g/mol. The monoisotopic (exact) mass is 412 g/mol. The van der Waals surface area contributed by atoms with Crippen LogP contribution in [0.1, 0.15) is 26.5 Å². The van der Waals surface area contributed by atoms with Crippen molar-refractivity contribution >= 4 is 23.7 Å². The quantitative estimate of drug-likeness (QED) is 0.206. The molecule has 162 valence electrons. The predicted octanol–water partition coefficient (Wildman–Crippen LogP) is -2.51. The zero-order valence-electron chi connectivity index (χ0n) is 16.5. The van der Waals surface area contributed by atoms with E-state index >= 15 is 0 Å². The van der Waals surface area contributed by atoms with Crippen molar-refractivity contribution in [2.24, 2.45) is 11.7 Å². The lowest BCUT2D eigenvalue weighted by Crippen LogP contribution is -2.55. The van der Waals surface area contributed by atoms with Crippen LogP contribution in [0.2, 0.25) is 0 Å². The normalized spacial score (nSPS) is 15.1. The second kappa shape index (κ2) is 11.1. The molecule has 0 aromatic carbocycles. The Hall–Kier alpha value is -2.99. The molecule has 4 atom stereocenters.